The van der Waals surface area contributed by atoms with Gasteiger partial charge in [0.1, 0.15) is 17.7 Å². The van der Waals surface area contributed by atoms with Crippen molar-refractivity contribution < 1.29 is 14.3 Å². The van der Waals surface area contributed by atoms with E-state index in [1.165, 1.54) is 6.33 Å². The summed E-state index contributed by atoms with van der Waals surface area (Å²) >= 11 is 0. The first-order valence-corrected chi connectivity index (χ1v) is 7.79. The number of carbonyl (C=O) groups is 1. The smallest absolute Gasteiger partial charge is 0.320 e. The average molecular weight is 315 g/mol. The molecule has 0 amide bonds. The van der Waals surface area contributed by atoms with E-state index >= 15 is 0 Å². The van der Waals surface area contributed by atoms with Crippen LogP contribution in [0, 0.1) is 0 Å². The third-order valence-corrected chi connectivity index (χ3v) is 3.71. The highest BCUT2D eigenvalue weighted by molar-refractivity contribution is 5.78. The summed E-state index contributed by atoms with van der Waals surface area (Å²) < 4.78 is 11.1. The quantitative estimate of drug-likeness (QED) is 0.621. The molecular weight excluding hydrogens is 294 g/mol. The van der Waals surface area contributed by atoms with Crippen molar-refractivity contribution in [2.45, 2.75) is 25.9 Å². The predicted octanol–water partition coefficient (Wildman–Crippen LogP) is 2.04. The van der Waals surface area contributed by atoms with Crippen molar-refractivity contribution in [3.05, 3.63) is 30.7 Å². The molecule has 1 aromatic heterocycles. The summed E-state index contributed by atoms with van der Waals surface area (Å²) in [6.07, 6.45) is 4.16. The molecule has 0 unspecified atom stereocenters. The molecule has 1 aliphatic heterocycles. The first-order chi connectivity index (χ1) is 11.0. The van der Waals surface area contributed by atoms with E-state index in [1.54, 1.807) is 6.20 Å². The summed E-state index contributed by atoms with van der Waals surface area (Å²) in [5.74, 6) is 0.655. The Hall–Kier alpha value is -2.21. The largest absolute Gasteiger partial charge is 0.494 e. The molecule has 0 bridgehead atoms. The lowest BCUT2D eigenvalue weighted by molar-refractivity contribution is -0.169. The van der Waals surface area contributed by atoms with Crippen molar-refractivity contribution in [2.24, 2.45) is 0 Å². The molecule has 2 aromatic rings. The topological polar surface area (TPSA) is 64.5 Å². The molecule has 1 fully saturated rings. The zero-order valence-corrected chi connectivity index (χ0v) is 13.5. The van der Waals surface area contributed by atoms with Crippen LogP contribution in [0.3, 0.4) is 0 Å². The highest BCUT2D eigenvalue weighted by Crippen LogP contribution is 2.19. The number of cyclic esters (lactones) is 1. The lowest BCUT2D eigenvalue weighted by atomic mass is 10.1. The van der Waals surface area contributed by atoms with Gasteiger partial charge in [0.15, 0.2) is 0 Å². The standard InChI is InChI=1S/C17H21N3O3/c1-17(2)11-20(10-16(21)23-17)6-3-7-22-14-4-5-15-13(8-14)9-18-12-19-15/h4-5,8-9,12H,3,6-7,10-11H2,1-2H3. The molecule has 0 spiro atoms. The molecule has 1 aromatic carbocycles. The Morgan fingerprint density at radius 1 is 1.39 bits per heavy atom. The summed E-state index contributed by atoms with van der Waals surface area (Å²) in [6, 6.07) is 5.78. The molecule has 0 N–H and O–H groups in total. The first-order valence-electron chi connectivity index (χ1n) is 7.79. The van der Waals surface area contributed by atoms with E-state index in [-0.39, 0.29) is 5.97 Å². The Balaban J connectivity index is 1.48. The fourth-order valence-corrected chi connectivity index (χ4v) is 2.84. The fraction of sp³-hybridized carbons (Fsp3) is 0.471. The van der Waals surface area contributed by atoms with E-state index in [9.17, 15) is 4.79 Å². The Morgan fingerprint density at radius 2 is 2.26 bits per heavy atom. The number of rotatable bonds is 5. The molecular formula is C17H21N3O3. The van der Waals surface area contributed by atoms with Crippen LogP contribution in [-0.2, 0) is 9.53 Å². The Kier molecular flexibility index (Phi) is 4.43. The highest BCUT2D eigenvalue weighted by Gasteiger charge is 2.32. The van der Waals surface area contributed by atoms with Crippen molar-refractivity contribution in [3.8, 4) is 5.75 Å². The van der Waals surface area contributed by atoms with Crippen molar-refractivity contribution in [3.63, 3.8) is 0 Å². The monoisotopic (exact) mass is 315 g/mol. The van der Waals surface area contributed by atoms with Crippen LogP contribution in [0.2, 0.25) is 0 Å². The second-order valence-corrected chi connectivity index (χ2v) is 6.39. The van der Waals surface area contributed by atoms with Gasteiger partial charge in [-0.05, 0) is 38.5 Å². The molecule has 3 rings (SSSR count). The maximum atomic E-state index is 11.6. The first kappa shape index (κ1) is 15.7. The van der Waals surface area contributed by atoms with Crippen LogP contribution in [-0.4, -0.2) is 52.7 Å². The summed E-state index contributed by atoms with van der Waals surface area (Å²) in [7, 11) is 0. The van der Waals surface area contributed by atoms with Crippen molar-refractivity contribution >= 4 is 16.9 Å². The van der Waals surface area contributed by atoms with E-state index in [4.69, 9.17) is 9.47 Å². The van der Waals surface area contributed by atoms with Crippen LogP contribution < -0.4 is 4.74 Å². The zero-order valence-electron chi connectivity index (χ0n) is 13.5. The van der Waals surface area contributed by atoms with Gasteiger partial charge < -0.3 is 9.47 Å². The summed E-state index contributed by atoms with van der Waals surface area (Å²) in [4.78, 5) is 21.9. The molecule has 6 heteroatoms. The molecule has 0 atom stereocenters. The lowest BCUT2D eigenvalue weighted by Gasteiger charge is -2.37. The minimum absolute atomic E-state index is 0.156. The molecule has 23 heavy (non-hydrogen) atoms. The second kappa shape index (κ2) is 6.50. The number of hydrogen-bond acceptors (Lipinski definition) is 6. The molecule has 0 radical (unpaired) electrons. The van der Waals surface area contributed by atoms with Crippen molar-refractivity contribution in [2.75, 3.05) is 26.2 Å². The number of nitrogens with zero attached hydrogens (tertiary/aromatic N) is 3. The van der Waals surface area contributed by atoms with Gasteiger partial charge in [0, 0.05) is 24.7 Å². The molecule has 122 valence electrons. The SMILES string of the molecule is CC1(C)CN(CCCOc2ccc3ncncc3c2)CC(=O)O1. The van der Waals surface area contributed by atoms with Gasteiger partial charge in [0.2, 0.25) is 0 Å². The van der Waals surface area contributed by atoms with Crippen LogP contribution >= 0.6 is 0 Å². The molecule has 1 aliphatic rings. The Labute approximate surface area is 135 Å². The van der Waals surface area contributed by atoms with Crippen LogP contribution in [0.5, 0.6) is 5.75 Å². The summed E-state index contributed by atoms with van der Waals surface area (Å²) in [5, 5.41) is 0.963. The lowest BCUT2D eigenvalue weighted by Crippen LogP contribution is -2.51. The van der Waals surface area contributed by atoms with Crippen LogP contribution in [0.4, 0.5) is 0 Å². The van der Waals surface area contributed by atoms with Gasteiger partial charge in [-0.2, -0.15) is 0 Å². The zero-order chi connectivity index (χ0) is 16.3. The highest BCUT2D eigenvalue weighted by atomic mass is 16.6. The van der Waals surface area contributed by atoms with E-state index in [2.05, 4.69) is 14.9 Å². The molecule has 2 heterocycles. The Bertz CT molecular complexity index is 702. The molecule has 0 saturated carbocycles. The third kappa shape index (κ3) is 4.16. The van der Waals surface area contributed by atoms with Gasteiger partial charge in [0.25, 0.3) is 0 Å². The number of carbonyl (C=O) groups excluding carboxylic acids is 1. The van der Waals surface area contributed by atoms with Gasteiger partial charge in [0.05, 0.1) is 18.7 Å². The molecule has 1 saturated heterocycles. The number of esters is 1. The molecule has 6 nitrogen and oxygen atoms in total. The van der Waals surface area contributed by atoms with Gasteiger partial charge in [-0.25, -0.2) is 9.97 Å². The van der Waals surface area contributed by atoms with Gasteiger partial charge in [-0.1, -0.05) is 0 Å². The van der Waals surface area contributed by atoms with Crippen LogP contribution in [0.25, 0.3) is 10.9 Å². The van der Waals surface area contributed by atoms with E-state index in [0.29, 0.717) is 13.2 Å². The average Bonchev–Trinajstić information content (AvgIpc) is 2.49. The third-order valence-electron chi connectivity index (χ3n) is 3.71. The van der Waals surface area contributed by atoms with Gasteiger partial charge >= 0.3 is 5.97 Å². The number of benzene rings is 1. The number of aromatic nitrogens is 2. The van der Waals surface area contributed by atoms with Crippen LogP contribution in [0.1, 0.15) is 20.3 Å². The normalized spacial score (nSPS) is 17.9. The number of morpholine rings is 1. The fourth-order valence-electron chi connectivity index (χ4n) is 2.84. The van der Waals surface area contributed by atoms with Crippen molar-refractivity contribution in [1.29, 1.82) is 0 Å². The maximum Gasteiger partial charge on any atom is 0.320 e. The van der Waals surface area contributed by atoms with E-state index < -0.39 is 5.60 Å². The minimum atomic E-state index is -0.408. The number of ether oxygens (including phenoxy) is 2. The predicted molar refractivity (Wildman–Crippen MR) is 86.3 cm³/mol. The summed E-state index contributed by atoms with van der Waals surface area (Å²) in [5.41, 5.74) is 0.496. The maximum absolute atomic E-state index is 11.6. The van der Waals surface area contributed by atoms with Gasteiger partial charge in [-0.3, -0.25) is 9.69 Å². The van der Waals surface area contributed by atoms with Crippen LogP contribution in [0.15, 0.2) is 30.7 Å². The minimum Gasteiger partial charge on any atom is -0.494 e. The van der Waals surface area contributed by atoms with Gasteiger partial charge in [-0.15, -0.1) is 0 Å². The second-order valence-electron chi connectivity index (χ2n) is 6.39. The molecule has 0 aliphatic carbocycles. The van der Waals surface area contributed by atoms with E-state index in [0.717, 1.165) is 36.2 Å². The van der Waals surface area contributed by atoms with E-state index in [1.807, 2.05) is 32.0 Å². The number of fused-ring (bicyclic) bond motifs is 1. The Morgan fingerprint density at radius 3 is 3.09 bits per heavy atom. The van der Waals surface area contributed by atoms with Crippen molar-refractivity contribution in [1.82, 2.24) is 14.9 Å². The summed E-state index contributed by atoms with van der Waals surface area (Å²) in [6.45, 7) is 6.40. The number of hydrogen-bond donors (Lipinski definition) is 0.